The molecule has 4 rings (SSSR count). The van der Waals surface area contributed by atoms with Crippen molar-refractivity contribution < 1.29 is 37.4 Å². The fraction of sp³-hybridized carbons (Fsp3) is 0.591. The van der Waals surface area contributed by atoms with Crippen molar-refractivity contribution in [3.63, 3.8) is 0 Å². The standard InChI is InChI=1S/C22H29FN3O9P/c1-14(2)33-18(28)12-24-36(31,35-15-6-4-3-5-7-15)32-13-16-22(30)10-9-21(22,23)19(34-16)26-11-8-17(27)25-20(26)29/h3-4,6,8,11,14,16,19,30H,5,7,9-10,12-13H2,1-2H3,(H,24,31)(H,25,27,29)/t16?,19-,21+,22-,36+/m1/s1. The third kappa shape index (κ3) is 5.12. The summed E-state index contributed by atoms with van der Waals surface area (Å²) in [5.74, 6) is -0.345. The van der Waals surface area contributed by atoms with Crippen molar-refractivity contribution in [3.05, 3.63) is 57.1 Å². The Hall–Kier alpha value is -2.57. The zero-order valence-corrected chi connectivity index (χ0v) is 20.7. The summed E-state index contributed by atoms with van der Waals surface area (Å²) in [4.78, 5) is 37.7. The monoisotopic (exact) mass is 529 g/mol. The number of carbonyl (C=O) groups excluding carboxylic acids is 1. The molecule has 2 aliphatic carbocycles. The predicted molar refractivity (Wildman–Crippen MR) is 124 cm³/mol. The second-order valence-corrected chi connectivity index (χ2v) is 10.9. The number of rotatable bonds is 10. The van der Waals surface area contributed by atoms with Crippen LogP contribution in [-0.4, -0.2) is 57.3 Å². The van der Waals surface area contributed by atoms with E-state index < -0.39 is 67.8 Å². The van der Waals surface area contributed by atoms with Crippen LogP contribution < -0.4 is 16.3 Å². The maximum atomic E-state index is 15.8. The number of hydrogen-bond acceptors (Lipinski definition) is 9. The molecule has 1 aromatic rings. The quantitative estimate of drug-likeness (QED) is 0.300. The number of aromatic nitrogens is 2. The van der Waals surface area contributed by atoms with Crippen molar-refractivity contribution in [1.82, 2.24) is 14.6 Å². The highest BCUT2D eigenvalue weighted by molar-refractivity contribution is 7.51. The number of aromatic amines is 1. The Bertz CT molecular complexity index is 1230. The van der Waals surface area contributed by atoms with Gasteiger partial charge in [-0.3, -0.25) is 23.7 Å². The molecule has 12 nitrogen and oxygen atoms in total. The van der Waals surface area contributed by atoms with E-state index in [9.17, 15) is 24.1 Å². The van der Waals surface area contributed by atoms with Gasteiger partial charge in [0.15, 0.2) is 11.9 Å². The van der Waals surface area contributed by atoms with E-state index in [1.165, 1.54) is 0 Å². The van der Waals surface area contributed by atoms with Crippen molar-refractivity contribution in [2.24, 2.45) is 0 Å². The van der Waals surface area contributed by atoms with Gasteiger partial charge >= 0.3 is 19.4 Å². The van der Waals surface area contributed by atoms with Crippen LogP contribution in [0.4, 0.5) is 4.39 Å². The van der Waals surface area contributed by atoms with Crippen LogP contribution in [0.5, 0.6) is 0 Å². The van der Waals surface area contributed by atoms with Crippen molar-refractivity contribution in [2.45, 2.75) is 69.2 Å². The van der Waals surface area contributed by atoms with E-state index in [0.29, 0.717) is 18.6 Å². The van der Waals surface area contributed by atoms with Crippen molar-refractivity contribution in [3.8, 4) is 0 Å². The molecule has 198 valence electrons. The second-order valence-electron chi connectivity index (χ2n) is 9.14. The summed E-state index contributed by atoms with van der Waals surface area (Å²) >= 11 is 0. The van der Waals surface area contributed by atoms with E-state index in [2.05, 4.69) is 5.09 Å². The highest BCUT2D eigenvalue weighted by Gasteiger charge is 2.74. The van der Waals surface area contributed by atoms with Gasteiger partial charge in [0.05, 0.1) is 12.7 Å². The lowest BCUT2D eigenvalue weighted by atomic mass is 9.65. The van der Waals surface area contributed by atoms with E-state index in [4.69, 9.17) is 18.5 Å². The van der Waals surface area contributed by atoms with E-state index >= 15 is 4.39 Å². The fourth-order valence-electron chi connectivity index (χ4n) is 4.38. The number of allylic oxidation sites excluding steroid dienone is 4. The number of nitrogens with one attached hydrogen (secondary N) is 2. The highest BCUT2D eigenvalue weighted by atomic mass is 31.2. The lowest BCUT2D eigenvalue weighted by Crippen LogP contribution is -2.64. The average Bonchev–Trinajstić information content (AvgIpc) is 2.95. The van der Waals surface area contributed by atoms with Gasteiger partial charge in [0, 0.05) is 18.7 Å². The van der Waals surface area contributed by atoms with Gasteiger partial charge in [-0.1, -0.05) is 12.2 Å². The van der Waals surface area contributed by atoms with Gasteiger partial charge in [0.25, 0.3) is 5.56 Å². The summed E-state index contributed by atoms with van der Waals surface area (Å²) in [6.07, 6.45) is 4.00. The van der Waals surface area contributed by atoms with E-state index in [1.54, 1.807) is 26.0 Å². The Morgan fingerprint density at radius 2 is 2.19 bits per heavy atom. The summed E-state index contributed by atoms with van der Waals surface area (Å²) in [5, 5.41) is 13.5. The summed E-state index contributed by atoms with van der Waals surface area (Å²) in [7, 11) is -4.20. The third-order valence-electron chi connectivity index (χ3n) is 6.30. The van der Waals surface area contributed by atoms with E-state index in [1.807, 2.05) is 11.1 Å². The minimum Gasteiger partial charge on any atom is -0.462 e. The van der Waals surface area contributed by atoms with E-state index in [-0.39, 0.29) is 12.8 Å². The van der Waals surface area contributed by atoms with Crippen LogP contribution in [0.2, 0.25) is 0 Å². The molecule has 3 N–H and O–H groups in total. The van der Waals surface area contributed by atoms with Crippen molar-refractivity contribution in [2.75, 3.05) is 13.2 Å². The molecular weight excluding hydrogens is 500 g/mol. The first-order valence-electron chi connectivity index (χ1n) is 11.6. The molecule has 1 saturated heterocycles. The smallest absolute Gasteiger partial charge is 0.459 e. The number of ether oxygens (including phenoxy) is 2. The number of H-pyrrole nitrogens is 1. The van der Waals surface area contributed by atoms with Crippen LogP contribution in [-0.2, 0) is 27.9 Å². The zero-order valence-electron chi connectivity index (χ0n) is 19.8. The molecule has 0 amide bonds. The molecule has 1 saturated carbocycles. The van der Waals surface area contributed by atoms with Crippen LogP contribution in [0.1, 0.15) is 45.8 Å². The number of halogens is 1. The first-order chi connectivity index (χ1) is 17.0. The molecule has 0 spiro atoms. The lowest BCUT2D eigenvalue weighted by Gasteiger charge is -2.47. The molecule has 0 aromatic carbocycles. The first kappa shape index (κ1) is 26.5. The first-order valence-corrected chi connectivity index (χ1v) is 13.1. The minimum absolute atomic E-state index is 0.00137. The van der Waals surface area contributed by atoms with E-state index in [0.717, 1.165) is 16.8 Å². The topological polar surface area (TPSA) is 158 Å². The number of fused-ring (bicyclic) bond motifs is 1. The van der Waals surface area contributed by atoms with Gasteiger partial charge in [-0.2, -0.15) is 0 Å². The zero-order chi connectivity index (χ0) is 26.1. The molecule has 2 heterocycles. The average molecular weight is 529 g/mol. The van der Waals surface area contributed by atoms with Gasteiger partial charge in [-0.05, 0) is 39.2 Å². The Labute approximate surface area is 205 Å². The van der Waals surface area contributed by atoms with Gasteiger partial charge < -0.3 is 19.1 Å². The third-order valence-corrected chi connectivity index (χ3v) is 7.81. The van der Waals surface area contributed by atoms with Crippen LogP contribution >= 0.6 is 7.75 Å². The van der Waals surface area contributed by atoms with Gasteiger partial charge in [0.1, 0.15) is 24.0 Å². The Morgan fingerprint density at radius 1 is 1.42 bits per heavy atom. The molecule has 3 aliphatic rings. The van der Waals surface area contributed by atoms with Crippen molar-refractivity contribution >= 4 is 13.7 Å². The fourth-order valence-corrected chi connectivity index (χ4v) is 5.71. The maximum Gasteiger partial charge on any atom is 0.459 e. The number of hydrogen-bond donors (Lipinski definition) is 3. The Morgan fingerprint density at radius 3 is 2.81 bits per heavy atom. The van der Waals surface area contributed by atoms with Gasteiger partial charge in [-0.15, -0.1) is 0 Å². The van der Waals surface area contributed by atoms with Crippen LogP contribution in [0.3, 0.4) is 0 Å². The van der Waals surface area contributed by atoms with Gasteiger partial charge in [0.2, 0.25) is 0 Å². The number of aliphatic hydroxyl groups is 1. The molecule has 5 atom stereocenters. The van der Waals surface area contributed by atoms with Crippen molar-refractivity contribution in [1.29, 1.82) is 0 Å². The number of esters is 1. The molecule has 1 aliphatic heterocycles. The molecule has 0 bridgehead atoms. The highest BCUT2D eigenvalue weighted by Crippen LogP contribution is 2.61. The molecule has 1 unspecified atom stereocenters. The predicted octanol–water partition coefficient (Wildman–Crippen LogP) is 1.58. The lowest BCUT2D eigenvalue weighted by molar-refractivity contribution is -0.180. The van der Waals surface area contributed by atoms with Crippen LogP contribution in [0.25, 0.3) is 0 Å². The molecule has 14 heteroatoms. The molecule has 2 fully saturated rings. The SMILES string of the molecule is CC(C)OC(=O)CN[P@](=O)(OCC1O[C@@H](n2ccc(=O)[nH]c2=O)[C@@]2(F)CC[C@@]12O)OC1=CC=CCC1. The maximum absolute atomic E-state index is 15.8. The normalized spacial score (nSPS) is 30.8. The molecular formula is C22H29FN3O9P. The summed E-state index contributed by atoms with van der Waals surface area (Å²) < 4.78 is 52.0. The van der Waals surface area contributed by atoms with Crippen LogP contribution in [0, 0.1) is 0 Å². The molecule has 0 radical (unpaired) electrons. The summed E-state index contributed by atoms with van der Waals surface area (Å²) in [6, 6.07) is 1.03. The number of nitrogens with zero attached hydrogens (tertiary/aromatic N) is 1. The number of carbonyl (C=O) groups is 1. The molecule has 36 heavy (non-hydrogen) atoms. The van der Waals surface area contributed by atoms with Gasteiger partial charge in [-0.25, -0.2) is 18.8 Å². The summed E-state index contributed by atoms with van der Waals surface area (Å²) in [6.45, 7) is 2.25. The van der Waals surface area contributed by atoms with Crippen LogP contribution in [0.15, 0.2) is 45.8 Å². The Kier molecular flexibility index (Phi) is 7.40. The summed E-state index contributed by atoms with van der Waals surface area (Å²) in [5.41, 5.74) is -5.96. The minimum atomic E-state index is -4.20. The largest absolute Gasteiger partial charge is 0.462 e. The molecule has 1 aromatic heterocycles. The Balaban J connectivity index is 1.51. The second kappa shape index (κ2) is 10.1. The number of alkyl halides is 1.